The molecule has 0 aliphatic rings. The number of fused-ring (bicyclic) bond motifs is 1. The first-order valence-electron chi connectivity index (χ1n) is 5.04. The van der Waals surface area contributed by atoms with E-state index in [1.165, 1.54) is 26.3 Å². The number of hydrogen-bond donors (Lipinski definition) is 0. The Labute approximate surface area is 110 Å². The van der Waals surface area contributed by atoms with Crippen molar-refractivity contribution in [3.05, 3.63) is 35.5 Å². The molecule has 0 radical (unpaired) electrons. The lowest BCUT2D eigenvalue weighted by Gasteiger charge is -2.14. The van der Waals surface area contributed by atoms with Crippen molar-refractivity contribution in [1.29, 1.82) is 0 Å². The molecule has 0 aliphatic heterocycles. The summed E-state index contributed by atoms with van der Waals surface area (Å²) >= 11 is 5.76. The SMILES string of the molecule is CON(C)S(=O)(=O)c1ccc2nc(Cl)ccc2c1. The molecule has 0 saturated carbocycles. The first-order valence-corrected chi connectivity index (χ1v) is 6.86. The molecule has 1 aromatic carbocycles. The average molecular weight is 287 g/mol. The first-order chi connectivity index (χ1) is 8.45. The number of pyridine rings is 1. The molecular formula is C11H11ClN2O3S. The summed E-state index contributed by atoms with van der Waals surface area (Å²) in [4.78, 5) is 8.94. The van der Waals surface area contributed by atoms with E-state index in [-0.39, 0.29) is 4.90 Å². The average Bonchev–Trinajstić information content (AvgIpc) is 2.36. The number of hydroxylamine groups is 1. The molecule has 0 spiro atoms. The molecule has 0 unspecified atom stereocenters. The Morgan fingerprint density at radius 2 is 2.00 bits per heavy atom. The van der Waals surface area contributed by atoms with E-state index >= 15 is 0 Å². The van der Waals surface area contributed by atoms with Crippen LogP contribution in [-0.2, 0) is 14.9 Å². The van der Waals surface area contributed by atoms with Gasteiger partial charge < -0.3 is 0 Å². The summed E-state index contributed by atoms with van der Waals surface area (Å²) in [6.45, 7) is 0. The Morgan fingerprint density at radius 3 is 2.67 bits per heavy atom. The van der Waals surface area contributed by atoms with Gasteiger partial charge in [-0.2, -0.15) is 0 Å². The van der Waals surface area contributed by atoms with Gasteiger partial charge in [-0.05, 0) is 30.3 Å². The second-order valence-corrected chi connectivity index (χ2v) is 5.91. The van der Waals surface area contributed by atoms with Crippen molar-refractivity contribution in [2.45, 2.75) is 4.90 Å². The van der Waals surface area contributed by atoms with Crippen LogP contribution in [0.3, 0.4) is 0 Å². The highest BCUT2D eigenvalue weighted by molar-refractivity contribution is 7.89. The highest BCUT2D eigenvalue weighted by Crippen LogP contribution is 2.21. The van der Waals surface area contributed by atoms with Gasteiger partial charge in [-0.15, -0.1) is 0 Å². The van der Waals surface area contributed by atoms with Crippen LogP contribution in [0.1, 0.15) is 0 Å². The molecule has 0 bridgehead atoms. The van der Waals surface area contributed by atoms with E-state index in [4.69, 9.17) is 16.4 Å². The Balaban J connectivity index is 2.58. The van der Waals surface area contributed by atoms with E-state index in [0.717, 1.165) is 4.47 Å². The van der Waals surface area contributed by atoms with Crippen molar-refractivity contribution in [2.24, 2.45) is 0 Å². The minimum Gasteiger partial charge on any atom is -0.288 e. The van der Waals surface area contributed by atoms with Crippen LogP contribution in [0.25, 0.3) is 10.9 Å². The fourth-order valence-corrected chi connectivity index (χ4v) is 2.65. The fraction of sp³-hybridized carbons (Fsp3) is 0.182. The molecule has 5 nitrogen and oxygen atoms in total. The molecule has 18 heavy (non-hydrogen) atoms. The van der Waals surface area contributed by atoms with E-state index in [1.807, 2.05) is 0 Å². The number of sulfonamides is 1. The van der Waals surface area contributed by atoms with Crippen LogP contribution >= 0.6 is 11.6 Å². The summed E-state index contributed by atoms with van der Waals surface area (Å²) in [6, 6.07) is 7.94. The maximum Gasteiger partial charge on any atom is 0.264 e. The van der Waals surface area contributed by atoms with Crippen LogP contribution in [0.4, 0.5) is 0 Å². The maximum absolute atomic E-state index is 12.0. The summed E-state index contributed by atoms with van der Waals surface area (Å²) in [7, 11) is -1.02. The summed E-state index contributed by atoms with van der Waals surface area (Å²) in [5, 5.41) is 1.07. The molecule has 2 rings (SSSR count). The largest absolute Gasteiger partial charge is 0.288 e. The molecule has 0 aliphatic carbocycles. The molecule has 0 fully saturated rings. The Kier molecular flexibility index (Phi) is 3.54. The Hall–Kier alpha value is -1.21. The lowest BCUT2D eigenvalue weighted by atomic mass is 10.2. The second kappa shape index (κ2) is 4.81. The number of rotatable bonds is 3. The number of halogens is 1. The van der Waals surface area contributed by atoms with Gasteiger partial charge in [0.1, 0.15) is 5.15 Å². The quantitative estimate of drug-likeness (QED) is 0.640. The molecule has 0 N–H and O–H groups in total. The number of aromatic nitrogens is 1. The third kappa shape index (κ3) is 2.32. The molecule has 0 atom stereocenters. The Bertz CT molecular complexity index is 688. The van der Waals surface area contributed by atoms with E-state index in [0.29, 0.717) is 16.1 Å². The van der Waals surface area contributed by atoms with Crippen molar-refractivity contribution in [2.75, 3.05) is 14.2 Å². The van der Waals surface area contributed by atoms with Crippen molar-refractivity contribution < 1.29 is 13.3 Å². The van der Waals surface area contributed by atoms with Gasteiger partial charge in [0.2, 0.25) is 0 Å². The minimum atomic E-state index is -3.64. The van der Waals surface area contributed by atoms with Gasteiger partial charge >= 0.3 is 0 Å². The number of benzene rings is 1. The van der Waals surface area contributed by atoms with E-state index in [2.05, 4.69) is 4.98 Å². The van der Waals surface area contributed by atoms with Crippen LogP contribution in [0.5, 0.6) is 0 Å². The third-order valence-corrected chi connectivity index (χ3v) is 4.41. The lowest BCUT2D eigenvalue weighted by Crippen LogP contribution is -2.25. The molecule has 0 amide bonds. The fourth-order valence-electron chi connectivity index (χ4n) is 1.49. The van der Waals surface area contributed by atoms with Crippen LogP contribution in [0.15, 0.2) is 35.2 Å². The summed E-state index contributed by atoms with van der Waals surface area (Å²) in [5.41, 5.74) is 0.640. The molecular weight excluding hydrogens is 276 g/mol. The van der Waals surface area contributed by atoms with E-state index in [9.17, 15) is 8.42 Å². The van der Waals surface area contributed by atoms with Crippen molar-refractivity contribution in [3.63, 3.8) is 0 Å². The predicted octanol–water partition coefficient (Wildman–Crippen LogP) is 2.07. The highest BCUT2D eigenvalue weighted by Gasteiger charge is 2.20. The normalized spacial score (nSPS) is 12.2. The lowest BCUT2D eigenvalue weighted by molar-refractivity contribution is -0.0258. The maximum atomic E-state index is 12.0. The topological polar surface area (TPSA) is 59.5 Å². The summed E-state index contributed by atoms with van der Waals surface area (Å²) in [5.74, 6) is 0. The zero-order valence-electron chi connectivity index (χ0n) is 9.79. The van der Waals surface area contributed by atoms with Gasteiger partial charge in [-0.25, -0.2) is 13.4 Å². The molecule has 96 valence electrons. The Morgan fingerprint density at radius 1 is 1.28 bits per heavy atom. The number of nitrogens with zero attached hydrogens (tertiary/aromatic N) is 2. The standard InChI is InChI=1S/C11H11ClN2O3S/c1-14(17-2)18(15,16)9-4-5-10-8(7-9)3-6-11(12)13-10/h3-7H,1-2H3. The van der Waals surface area contributed by atoms with Crippen molar-refractivity contribution >= 4 is 32.5 Å². The molecule has 1 heterocycles. The van der Waals surface area contributed by atoms with Gasteiger partial charge in [0.05, 0.1) is 17.5 Å². The van der Waals surface area contributed by atoms with Gasteiger partial charge in [0, 0.05) is 12.4 Å². The summed E-state index contributed by atoms with van der Waals surface area (Å²) in [6.07, 6.45) is 0. The molecule has 0 saturated heterocycles. The van der Waals surface area contributed by atoms with Gasteiger partial charge in [0.15, 0.2) is 0 Å². The van der Waals surface area contributed by atoms with Crippen LogP contribution in [-0.4, -0.2) is 32.0 Å². The van der Waals surface area contributed by atoms with Gasteiger partial charge in [0.25, 0.3) is 10.0 Å². The highest BCUT2D eigenvalue weighted by atomic mass is 35.5. The third-order valence-electron chi connectivity index (χ3n) is 2.52. The summed E-state index contributed by atoms with van der Waals surface area (Å²) < 4.78 is 24.9. The van der Waals surface area contributed by atoms with Gasteiger partial charge in [-0.3, -0.25) is 4.84 Å². The van der Waals surface area contributed by atoms with Crippen LogP contribution in [0.2, 0.25) is 5.15 Å². The smallest absolute Gasteiger partial charge is 0.264 e. The zero-order valence-corrected chi connectivity index (χ0v) is 11.4. The van der Waals surface area contributed by atoms with Gasteiger partial charge in [-0.1, -0.05) is 16.1 Å². The predicted molar refractivity (Wildman–Crippen MR) is 68.7 cm³/mol. The van der Waals surface area contributed by atoms with Crippen LogP contribution < -0.4 is 0 Å². The zero-order chi connectivity index (χ0) is 13.3. The monoisotopic (exact) mass is 286 g/mol. The van der Waals surface area contributed by atoms with Crippen LogP contribution in [0, 0.1) is 0 Å². The number of hydrogen-bond acceptors (Lipinski definition) is 4. The van der Waals surface area contributed by atoms with Crippen molar-refractivity contribution in [3.8, 4) is 0 Å². The van der Waals surface area contributed by atoms with Crippen molar-refractivity contribution in [1.82, 2.24) is 9.45 Å². The van der Waals surface area contributed by atoms with E-state index < -0.39 is 10.0 Å². The molecule has 1 aromatic heterocycles. The second-order valence-electron chi connectivity index (χ2n) is 3.59. The first kappa shape index (κ1) is 13.2. The molecule has 2 aromatic rings. The van der Waals surface area contributed by atoms with E-state index in [1.54, 1.807) is 18.2 Å². The molecule has 7 heteroatoms. The minimum absolute atomic E-state index is 0.142.